The van der Waals surface area contributed by atoms with Crippen molar-refractivity contribution in [1.82, 2.24) is 5.32 Å². The van der Waals surface area contributed by atoms with E-state index < -0.39 is 39.5 Å². The molecule has 28 heavy (non-hydrogen) atoms. The first-order valence-corrected chi connectivity index (χ1v) is 12.8. The summed E-state index contributed by atoms with van der Waals surface area (Å²) in [7, 11) is 0. The first-order chi connectivity index (χ1) is 13.3. The Morgan fingerprint density at radius 3 is 1.86 bits per heavy atom. The normalized spacial score (nSPS) is 18.3. The van der Waals surface area contributed by atoms with Crippen LogP contribution in [0.15, 0.2) is 0 Å². The number of nitrogens with one attached hydrogen (secondary N) is 1. The van der Waals surface area contributed by atoms with Crippen LogP contribution in [0.25, 0.3) is 0 Å². The predicted molar refractivity (Wildman–Crippen MR) is 118 cm³/mol. The molecule has 164 valence electrons. The van der Waals surface area contributed by atoms with Crippen molar-refractivity contribution in [3.63, 3.8) is 0 Å². The van der Waals surface area contributed by atoms with E-state index in [1.165, 1.54) is 23.5 Å². The molecular formula is C17H33N3O5S3. The summed E-state index contributed by atoms with van der Waals surface area (Å²) >= 11 is 0.799. The molecule has 1 saturated heterocycles. The molecule has 0 saturated carbocycles. The molecular weight excluding hydrogens is 422 g/mol. The van der Waals surface area contributed by atoms with Crippen molar-refractivity contribution in [1.29, 1.82) is 0 Å². The van der Waals surface area contributed by atoms with E-state index in [0.29, 0.717) is 11.5 Å². The maximum atomic E-state index is 11.8. The fraction of sp³-hybridized carbons (Fsp3) is 0.824. The van der Waals surface area contributed by atoms with Gasteiger partial charge in [0.05, 0.1) is 0 Å². The van der Waals surface area contributed by atoms with Crippen molar-refractivity contribution in [3.8, 4) is 0 Å². The lowest BCUT2D eigenvalue weighted by Crippen LogP contribution is -2.46. The van der Waals surface area contributed by atoms with Crippen LogP contribution in [-0.4, -0.2) is 73.5 Å². The van der Waals surface area contributed by atoms with Gasteiger partial charge in [-0.25, -0.2) is 9.59 Å². The van der Waals surface area contributed by atoms with Gasteiger partial charge in [0.25, 0.3) is 0 Å². The van der Waals surface area contributed by atoms with Gasteiger partial charge in [0.15, 0.2) is 0 Å². The zero-order chi connectivity index (χ0) is 21.5. The Morgan fingerprint density at radius 2 is 1.57 bits per heavy atom. The summed E-state index contributed by atoms with van der Waals surface area (Å²) in [5, 5.41) is 9.78. The maximum Gasteiger partial charge on any atom is 0.354 e. The van der Waals surface area contributed by atoms with E-state index in [-0.39, 0.29) is 6.04 Å². The molecule has 0 aromatic rings. The molecule has 8 nitrogen and oxygen atoms in total. The lowest BCUT2D eigenvalue weighted by atomic mass is 10.2. The molecule has 1 aliphatic rings. The van der Waals surface area contributed by atoms with Gasteiger partial charge in [0.2, 0.25) is 0 Å². The quantitative estimate of drug-likeness (QED) is 0.256. The second-order valence-electron chi connectivity index (χ2n) is 6.26. The number of rotatable bonds is 11. The molecule has 1 rings (SSSR count). The van der Waals surface area contributed by atoms with E-state index in [2.05, 4.69) is 5.32 Å². The third-order valence-corrected chi connectivity index (χ3v) is 7.54. The molecule has 1 heterocycles. The van der Waals surface area contributed by atoms with Crippen LogP contribution in [0.3, 0.4) is 0 Å². The van der Waals surface area contributed by atoms with E-state index in [9.17, 15) is 18.9 Å². The molecule has 0 aromatic heterocycles. The zero-order valence-electron chi connectivity index (χ0n) is 16.6. The fourth-order valence-corrected chi connectivity index (χ4v) is 4.96. The van der Waals surface area contributed by atoms with Crippen molar-refractivity contribution in [2.45, 2.75) is 57.7 Å². The second kappa shape index (κ2) is 16.5. The number of hydrogen-bond donors (Lipinski definition) is 4. The van der Waals surface area contributed by atoms with Crippen LogP contribution in [-0.2, 0) is 25.6 Å². The van der Waals surface area contributed by atoms with E-state index in [0.717, 1.165) is 43.7 Å². The van der Waals surface area contributed by atoms with Gasteiger partial charge >= 0.3 is 16.2 Å². The van der Waals surface area contributed by atoms with Crippen molar-refractivity contribution >= 4 is 50.9 Å². The summed E-state index contributed by atoms with van der Waals surface area (Å²) in [5.74, 6) is 1.81. The first kappa shape index (κ1) is 27.7. The highest BCUT2D eigenvalue weighted by molar-refractivity contribution is 8.19. The maximum absolute atomic E-state index is 11.8. The summed E-state index contributed by atoms with van der Waals surface area (Å²) < 4.78 is 11.8. The minimum Gasteiger partial charge on any atom is -0.602 e. The van der Waals surface area contributed by atoms with Gasteiger partial charge in [-0.3, -0.25) is 4.79 Å². The van der Waals surface area contributed by atoms with Gasteiger partial charge in [-0.1, -0.05) is 13.8 Å². The highest BCUT2D eigenvalue weighted by Gasteiger charge is 2.36. The minimum atomic E-state index is -2.23. The largest absolute Gasteiger partial charge is 0.602 e. The van der Waals surface area contributed by atoms with Crippen molar-refractivity contribution in [2.75, 3.05) is 29.6 Å². The topological polar surface area (TPSA) is 159 Å². The summed E-state index contributed by atoms with van der Waals surface area (Å²) in [6.07, 6.45) is 3.74. The third kappa shape index (κ3) is 11.6. The summed E-state index contributed by atoms with van der Waals surface area (Å²) in [6.45, 7) is 4.90. The van der Waals surface area contributed by atoms with E-state index in [1.54, 1.807) is 0 Å². The van der Waals surface area contributed by atoms with E-state index >= 15 is 0 Å². The highest BCUT2D eigenvalue weighted by Crippen LogP contribution is 2.11. The summed E-state index contributed by atoms with van der Waals surface area (Å²) in [6, 6.07) is -2.01. The molecule has 0 spiro atoms. The van der Waals surface area contributed by atoms with Gasteiger partial charge in [-0.15, -0.1) is 0 Å². The smallest absolute Gasteiger partial charge is 0.354 e. The fourth-order valence-electron chi connectivity index (χ4n) is 2.11. The van der Waals surface area contributed by atoms with Crippen LogP contribution in [0, 0.1) is 0 Å². The van der Waals surface area contributed by atoms with Crippen molar-refractivity contribution < 1.29 is 24.0 Å². The number of aliphatic carboxylic acids is 1. The number of nitrogens with two attached hydrogens (primary N) is 2. The number of carbonyl (C=O) groups is 3. The summed E-state index contributed by atoms with van der Waals surface area (Å²) in [5.41, 5.74) is 11.3. The molecule has 0 unspecified atom stereocenters. The molecule has 0 amide bonds. The Labute approximate surface area is 178 Å². The zero-order valence-corrected chi connectivity index (χ0v) is 19.0. The number of carboxylic acids is 1. The van der Waals surface area contributed by atoms with Crippen LogP contribution in [0.5, 0.6) is 0 Å². The van der Waals surface area contributed by atoms with Gasteiger partial charge < -0.3 is 26.4 Å². The van der Waals surface area contributed by atoms with E-state index in [1.807, 2.05) is 13.8 Å². The van der Waals surface area contributed by atoms with Gasteiger partial charge in [0.1, 0.15) is 29.3 Å². The van der Waals surface area contributed by atoms with Crippen LogP contribution in [0.4, 0.5) is 0 Å². The Kier molecular flexibility index (Phi) is 16.3. The van der Waals surface area contributed by atoms with E-state index in [4.69, 9.17) is 16.6 Å². The minimum absolute atomic E-state index is 0.269. The molecule has 11 heteroatoms. The lowest BCUT2D eigenvalue weighted by Gasteiger charge is -2.14. The third-order valence-electron chi connectivity index (χ3n) is 3.62. The molecule has 1 aliphatic heterocycles. The molecule has 0 radical (unpaired) electrons. The molecule has 6 N–H and O–H groups in total. The van der Waals surface area contributed by atoms with Crippen LogP contribution in [0.1, 0.15) is 39.5 Å². The van der Waals surface area contributed by atoms with Crippen molar-refractivity contribution in [3.05, 3.63) is 0 Å². The van der Waals surface area contributed by atoms with Gasteiger partial charge in [-0.2, -0.15) is 23.5 Å². The Bertz CT molecular complexity index is 451. The second-order valence-corrected chi connectivity index (χ2v) is 9.90. The first-order valence-electron chi connectivity index (χ1n) is 9.38. The summed E-state index contributed by atoms with van der Waals surface area (Å²) in [4.78, 5) is 33.7. The van der Waals surface area contributed by atoms with Crippen LogP contribution < -0.4 is 16.8 Å². The molecule has 0 bridgehead atoms. The molecule has 0 aromatic carbocycles. The number of carbonyl (C=O) groups excluding carboxylic acids is 2. The Balaban J connectivity index is 0.000000749. The monoisotopic (exact) mass is 455 g/mol. The standard InChI is InChI=1S/C12H24N2O3S3.C5H9NO2/c1-3-5-18-7-9(13)11(15)20(17)12(16)10(14)8-19-6-4-2;7-5(8)4-2-1-3-6-4/h9-10H,3-8,13-14H2,1-2H3;4,6H,1-3H2,(H,7,8)/t9-,10-;4-/m00/s1. The lowest BCUT2D eigenvalue weighted by molar-refractivity contribution is -0.139. The van der Waals surface area contributed by atoms with Gasteiger partial charge in [-0.05, 0) is 43.7 Å². The average molecular weight is 456 g/mol. The predicted octanol–water partition coefficient (Wildman–Crippen LogP) is 0.552. The Morgan fingerprint density at radius 1 is 1.11 bits per heavy atom. The van der Waals surface area contributed by atoms with Crippen LogP contribution >= 0.6 is 23.5 Å². The van der Waals surface area contributed by atoms with Crippen LogP contribution in [0.2, 0.25) is 0 Å². The average Bonchev–Trinajstić information content (AvgIpc) is 3.22. The highest BCUT2D eigenvalue weighted by atomic mass is 32.2. The number of hydrogen-bond acceptors (Lipinski definition) is 9. The molecule has 0 aliphatic carbocycles. The number of thioether (sulfide) groups is 2. The molecule has 1 fully saturated rings. The van der Waals surface area contributed by atoms with Crippen molar-refractivity contribution in [2.24, 2.45) is 11.5 Å². The van der Waals surface area contributed by atoms with Gasteiger partial charge in [0, 0.05) is 11.5 Å². The molecule has 3 atom stereocenters. The number of carboxylic acid groups (broad SMARTS) is 1. The SMILES string of the molecule is CCCSC[C@H](N)C(=O)[S+]([O-])C(=O)[C@@H](N)CSCCC.O=C(O)[C@@H]1CCCN1. The Hall–Kier alpha value is -0.300.